The highest BCUT2D eigenvalue weighted by atomic mass is 16.5. The molecule has 0 spiro atoms. The average Bonchev–Trinajstić information content (AvgIpc) is 2.87. The molecule has 14 heavy (non-hydrogen) atoms. The Morgan fingerprint density at radius 3 is 2.57 bits per heavy atom. The number of hydrogen-bond donors (Lipinski definition) is 1. The Morgan fingerprint density at radius 1 is 1.07 bits per heavy atom. The average molecular weight is 197 g/mol. The maximum absolute atomic E-state index is 5.68. The molecular formula is C12H23NO. The second kappa shape index (κ2) is 5.72. The molecule has 0 aromatic heterocycles. The van der Waals surface area contributed by atoms with Crippen LogP contribution < -0.4 is 5.32 Å². The smallest absolute Gasteiger partial charge is 0.0494 e. The fourth-order valence-electron chi connectivity index (χ4n) is 2.19. The minimum atomic E-state index is 0.852. The molecule has 0 unspecified atom stereocenters. The molecule has 1 N–H and O–H groups in total. The van der Waals surface area contributed by atoms with Crippen molar-refractivity contribution in [3.05, 3.63) is 0 Å². The van der Waals surface area contributed by atoms with Crippen LogP contribution in [0.3, 0.4) is 0 Å². The van der Waals surface area contributed by atoms with Crippen molar-refractivity contribution in [1.29, 1.82) is 0 Å². The maximum Gasteiger partial charge on any atom is 0.0494 e. The molecule has 2 aliphatic rings. The normalized spacial score (nSPS) is 23.1. The Balaban J connectivity index is 1.35. The van der Waals surface area contributed by atoms with Crippen LogP contribution in [-0.4, -0.2) is 25.8 Å². The zero-order valence-electron chi connectivity index (χ0n) is 9.13. The summed E-state index contributed by atoms with van der Waals surface area (Å²) in [7, 11) is 0. The van der Waals surface area contributed by atoms with Gasteiger partial charge in [0.15, 0.2) is 0 Å². The van der Waals surface area contributed by atoms with E-state index in [0.717, 1.165) is 31.7 Å². The van der Waals surface area contributed by atoms with Crippen LogP contribution in [0.1, 0.15) is 44.9 Å². The molecule has 0 bridgehead atoms. The highest BCUT2D eigenvalue weighted by molar-refractivity contribution is 4.80. The van der Waals surface area contributed by atoms with Crippen LogP contribution in [0.15, 0.2) is 0 Å². The van der Waals surface area contributed by atoms with E-state index in [1.807, 2.05) is 0 Å². The topological polar surface area (TPSA) is 21.3 Å². The first kappa shape index (κ1) is 10.4. The van der Waals surface area contributed by atoms with E-state index in [1.54, 1.807) is 0 Å². The third-order valence-electron chi connectivity index (χ3n) is 3.30. The van der Waals surface area contributed by atoms with Crippen molar-refractivity contribution in [1.82, 2.24) is 5.32 Å². The number of ether oxygens (including phenoxy) is 1. The quantitative estimate of drug-likeness (QED) is 0.632. The summed E-state index contributed by atoms with van der Waals surface area (Å²) in [6, 6.07) is 0.852. The van der Waals surface area contributed by atoms with Crippen molar-refractivity contribution in [3.8, 4) is 0 Å². The molecule has 0 saturated heterocycles. The van der Waals surface area contributed by atoms with Crippen LogP contribution in [0.5, 0.6) is 0 Å². The molecule has 0 aromatic rings. The van der Waals surface area contributed by atoms with Crippen LogP contribution in [0.25, 0.3) is 0 Å². The minimum Gasteiger partial charge on any atom is -0.381 e. The number of hydrogen-bond acceptors (Lipinski definition) is 2. The van der Waals surface area contributed by atoms with Gasteiger partial charge >= 0.3 is 0 Å². The van der Waals surface area contributed by atoms with E-state index in [9.17, 15) is 0 Å². The summed E-state index contributed by atoms with van der Waals surface area (Å²) < 4.78 is 5.68. The SMILES string of the molecule is C(CNC1CC1)COCC1CCCC1. The molecule has 82 valence electrons. The molecule has 2 nitrogen and oxygen atoms in total. The van der Waals surface area contributed by atoms with E-state index in [4.69, 9.17) is 4.74 Å². The van der Waals surface area contributed by atoms with Crippen molar-refractivity contribution in [2.75, 3.05) is 19.8 Å². The Bertz CT molecular complexity index is 150. The molecule has 2 rings (SSSR count). The van der Waals surface area contributed by atoms with Gasteiger partial charge in [-0.15, -0.1) is 0 Å². The molecule has 2 fully saturated rings. The van der Waals surface area contributed by atoms with E-state index in [-0.39, 0.29) is 0 Å². The minimum absolute atomic E-state index is 0.852. The van der Waals surface area contributed by atoms with Crippen molar-refractivity contribution in [2.45, 2.75) is 51.0 Å². The molecule has 0 atom stereocenters. The molecule has 2 aliphatic carbocycles. The van der Waals surface area contributed by atoms with Crippen molar-refractivity contribution in [2.24, 2.45) is 5.92 Å². The second-order valence-corrected chi connectivity index (χ2v) is 4.81. The standard InChI is InChI=1S/C12H23NO/c1-2-5-11(4-1)10-14-9-3-8-13-12-6-7-12/h11-13H,1-10H2. The molecule has 2 heteroatoms. The van der Waals surface area contributed by atoms with Gasteiger partial charge < -0.3 is 10.1 Å². The van der Waals surface area contributed by atoms with Gasteiger partial charge in [0, 0.05) is 19.3 Å². The summed E-state index contributed by atoms with van der Waals surface area (Å²) in [6.45, 7) is 3.12. The zero-order valence-corrected chi connectivity index (χ0v) is 9.13. The summed E-state index contributed by atoms with van der Waals surface area (Å²) in [6.07, 6.45) is 9.63. The first-order valence-electron chi connectivity index (χ1n) is 6.26. The van der Waals surface area contributed by atoms with Gasteiger partial charge in [0.2, 0.25) is 0 Å². The van der Waals surface area contributed by atoms with Crippen LogP contribution >= 0.6 is 0 Å². The molecule has 0 heterocycles. The third kappa shape index (κ3) is 3.97. The van der Waals surface area contributed by atoms with Gasteiger partial charge in [0.25, 0.3) is 0 Å². The van der Waals surface area contributed by atoms with Crippen molar-refractivity contribution < 1.29 is 4.74 Å². The van der Waals surface area contributed by atoms with Gasteiger partial charge in [-0.2, -0.15) is 0 Å². The maximum atomic E-state index is 5.68. The lowest BCUT2D eigenvalue weighted by molar-refractivity contribution is 0.0993. The predicted molar refractivity (Wildman–Crippen MR) is 58.4 cm³/mol. The Hall–Kier alpha value is -0.0800. The molecule has 0 radical (unpaired) electrons. The van der Waals surface area contributed by atoms with Gasteiger partial charge in [-0.3, -0.25) is 0 Å². The lowest BCUT2D eigenvalue weighted by Crippen LogP contribution is -2.19. The molecular weight excluding hydrogens is 174 g/mol. The first-order valence-corrected chi connectivity index (χ1v) is 6.26. The predicted octanol–water partition coefficient (Wildman–Crippen LogP) is 2.34. The first-order chi connectivity index (χ1) is 6.95. The number of rotatable bonds is 7. The van der Waals surface area contributed by atoms with E-state index >= 15 is 0 Å². The van der Waals surface area contributed by atoms with Gasteiger partial charge in [0.05, 0.1) is 0 Å². The summed E-state index contributed by atoms with van der Waals surface area (Å²) in [5, 5.41) is 3.51. The summed E-state index contributed by atoms with van der Waals surface area (Å²) in [5.74, 6) is 0.881. The van der Waals surface area contributed by atoms with Gasteiger partial charge in [-0.05, 0) is 44.6 Å². The summed E-state index contributed by atoms with van der Waals surface area (Å²) in [4.78, 5) is 0. The summed E-state index contributed by atoms with van der Waals surface area (Å²) >= 11 is 0. The molecule has 0 aliphatic heterocycles. The third-order valence-corrected chi connectivity index (χ3v) is 3.30. The zero-order chi connectivity index (χ0) is 9.64. The Labute approximate surface area is 87.4 Å². The highest BCUT2D eigenvalue weighted by Crippen LogP contribution is 2.24. The fraction of sp³-hybridized carbons (Fsp3) is 1.00. The van der Waals surface area contributed by atoms with Crippen LogP contribution in [0, 0.1) is 5.92 Å². The lowest BCUT2D eigenvalue weighted by atomic mass is 10.1. The highest BCUT2D eigenvalue weighted by Gasteiger charge is 2.19. The summed E-state index contributed by atoms with van der Waals surface area (Å²) in [5.41, 5.74) is 0. The largest absolute Gasteiger partial charge is 0.381 e. The van der Waals surface area contributed by atoms with E-state index in [2.05, 4.69) is 5.32 Å². The monoisotopic (exact) mass is 197 g/mol. The fourth-order valence-corrected chi connectivity index (χ4v) is 2.19. The van der Waals surface area contributed by atoms with E-state index in [0.29, 0.717) is 0 Å². The van der Waals surface area contributed by atoms with Gasteiger partial charge in [-0.1, -0.05) is 12.8 Å². The van der Waals surface area contributed by atoms with E-state index in [1.165, 1.54) is 44.9 Å². The van der Waals surface area contributed by atoms with Gasteiger partial charge in [0.1, 0.15) is 0 Å². The van der Waals surface area contributed by atoms with Crippen molar-refractivity contribution in [3.63, 3.8) is 0 Å². The van der Waals surface area contributed by atoms with Crippen LogP contribution in [0.2, 0.25) is 0 Å². The van der Waals surface area contributed by atoms with E-state index < -0.39 is 0 Å². The van der Waals surface area contributed by atoms with Crippen LogP contribution in [-0.2, 0) is 4.74 Å². The van der Waals surface area contributed by atoms with Crippen molar-refractivity contribution >= 4 is 0 Å². The molecule has 0 aromatic carbocycles. The lowest BCUT2D eigenvalue weighted by Gasteiger charge is -2.09. The Morgan fingerprint density at radius 2 is 1.86 bits per heavy atom. The number of nitrogens with one attached hydrogen (secondary N) is 1. The molecule has 0 amide bonds. The second-order valence-electron chi connectivity index (χ2n) is 4.81. The van der Waals surface area contributed by atoms with Gasteiger partial charge in [-0.25, -0.2) is 0 Å². The molecule has 2 saturated carbocycles. The Kier molecular flexibility index (Phi) is 4.26. The van der Waals surface area contributed by atoms with Crippen LogP contribution in [0.4, 0.5) is 0 Å².